The van der Waals surface area contributed by atoms with Gasteiger partial charge in [-0.15, -0.1) is 0 Å². The summed E-state index contributed by atoms with van der Waals surface area (Å²) in [7, 11) is 0. The lowest BCUT2D eigenvalue weighted by molar-refractivity contribution is 0.101. The quantitative estimate of drug-likeness (QED) is 0.255. The van der Waals surface area contributed by atoms with E-state index in [1.54, 1.807) is 19.9 Å². The van der Waals surface area contributed by atoms with Crippen molar-refractivity contribution in [2.75, 3.05) is 0 Å². The first-order chi connectivity index (χ1) is 16.8. The molecular weight excluding hydrogens is 435 g/mol. The van der Waals surface area contributed by atoms with Crippen LogP contribution >= 0.6 is 0 Å². The van der Waals surface area contributed by atoms with E-state index in [9.17, 15) is 9.18 Å². The van der Waals surface area contributed by atoms with Gasteiger partial charge < -0.3 is 4.57 Å². The normalized spacial score (nSPS) is 11.0. The van der Waals surface area contributed by atoms with Crippen LogP contribution in [0.1, 0.15) is 85.4 Å². The van der Waals surface area contributed by atoms with Crippen molar-refractivity contribution in [2.24, 2.45) is 0 Å². The molecule has 0 radical (unpaired) electrons. The molecule has 0 unspecified atom stereocenters. The standard InChI is InChI=1S/C22H26N2O.C9H11F/c1-5-8-17-10-11-19-20(13-17)24(14-18-9-6-7-12-23-18)22(15(2)3)21(19)16(4)25;1-3-8-5-4-7(2)9(10)6-8/h6-7,9-13,15H,5,8,14H2,1-4H3;4-6H,3H2,1-2H3. The Kier molecular flexibility index (Phi) is 8.97. The van der Waals surface area contributed by atoms with Gasteiger partial charge in [0, 0.05) is 28.4 Å². The molecule has 0 aliphatic rings. The highest BCUT2D eigenvalue weighted by atomic mass is 19.1. The number of Topliss-reactive ketones (excluding diaryl/α,β-unsaturated/α-hetero) is 1. The number of benzene rings is 2. The first kappa shape index (κ1) is 26.3. The van der Waals surface area contributed by atoms with E-state index >= 15 is 0 Å². The first-order valence-corrected chi connectivity index (χ1v) is 12.6. The molecule has 35 heavy (non-hydrogen) atoms. The molecule has 0 saturated carbocycles. The van der Waals surface area contributed by atoms with Gasteiger partial charge >= 0.3 is 0 Å². The van der Waals surface area contributed by atoms with Gasteiger partial charge in [0.15, 0.2) is 5.78 Å². The van der Waals surface area contributed by atoms with Crippen LogP contribution in [-0.2, 0) is 19.4 Å². The van der Waals surface area contributed by atoms with Gasteiger partial charge in [0.1, 0.15) is 5.82 Å². The highest BCUT2D eigenvalue weighted by Gasteiger charge is 2.22. The van der Waals surface area contributed by atoms with E-state index in [-0.39, 0.29) is 17.5 Å². The van der Waals surface area contributed by atoms with Gasteiger partial charge in [-0.2, -0.15) is 0 Å². The maximum atomic E-state index is 12.8. The van der Waals surface area contributed by atoms with Crippen molar-refractivity contribution in [3.05, 3.63) is 100 Å². The maximum Gasteiger partial charge on any atom is 0.162 e. The molecular formula is C31H37FN2O. The van der Waals surface area contributed by atoms with E-state index < -0.39 is 0 Å². The minimum Gasteiger partial charge on any atom is -0.338 e. The summed E-state index contributed by atoms with van der Waals surface area (Å²) in [5.41, 5.74) is 7.23. The van der Waals surface area contributed by atoms with Gasteiger partial charge in [0.2, 0.25) is 0 Å². The number of pyridine rings is 1. The largest absolute Gasteiger partial charge is 0.338 e. The average Bonchev–Trinajstić information content (AvgIpc) is 3.16. The number of halogens is 1. The molecule has 2 heterocycles. The summed E-state index contributed by atoms with van der Waals surface area (Å²) < 4.78 is 15.1. The predicted octanol–water partition coefficient (Wildman–Crippen LogP) is 8.06. The Morgan fingerprint density at radius 1 is 1.03 bits per heavy atom. The Morgan fingerprint density at radius 3 is 2.34 bits per heavy atom. The van der Waals surface area contributed by atoms with E-state index in [1.807, 2.05) is 43.5 Å². The molecule has 184 valence electrons. The van der Waals surface area contributed by atoms with Crippen molar-refractivity contribution in [3.8, 4) is 0 Å². The van der Waals surface area contributed by atoms with Gasteiger partial charge in [-0.1, -0.05) is 64.4 Å². The molecule has 0 N–H and O–H groups in total. The number of ketones is 1. The molecule has 0 spiro atoms. The molecule has 0 bridgehead atoms. The van der Waals surface area contributed by atoms with Crippen molar-refractivity contribution in [2.45, 2.75) is 73.3 Å². The highest BCUT2D eigenvalue weighted by Crippen LogP contribution is 2.33. The summed E-state index contributed by atoms with van der Waals surface area (Å²) in [6, 6.07) is 17.9. The minimum atomic E-state index is -0.0978. The molecule has 0 saturated heterocycles. The fourth-order valence-corrected chi connectivity index (χ4v) is 4.51. The van der Waals surface area contributed by atoms with Gasteiger partial charge in [-0.3, -0.25) is 9.78 Å². The smallest absolute Gasteiger partial charge is 0.162 e. The second-order valence-corrected chi connectivity index (χ2v) is 9.42. The molecule has 0 aliphatic carbocycles. The van der Waals surface area contributed by atoms with Crippen molar-refractivity contribution in [1.82, 2.24) is 9.55 Å². The first-order valence-electron chi connectivity index (χ1n) is 12.6. The van der Waals surface area contributed by atoms with Crippen LogP contribution in [0.2, 0.25) is 0 Å². The van der Waals surface area contributed by atoms with E-state index in [0.717, 1.165) is 58.2 Å². The number of nitrogens with zero attached hydrogens (tertiary/aromatic N) is 2. The number of carbonyl (C=O) groups excluding carboxylic acids is 1. The molecule has 4 rings (SSSR count). The van der Waals surface area contributed by atoms with E-state index in [0.29, 0.717) is 6.54 Å². The molecule has 4 aromatic rings. The van der Waals surface area contributed by atoms with Crippen LogP contribution in [0, 0.1) is 12.7 Å². The Morgan fingerprint density at radius 2 is 1.77 bits per heavy atom. The lowest BCUT2D eigenvalue weighted by Crippen LogP contribution is -2.09. The lowest BCUT2D eigenvalue weighted by atomic mass is 9.99. The SMILES string of the molecule is CCCc1ccc2c(C(C)=O)c(C(C)C)n(Cc3ccccn3)c2c1.CCc1ccc(C)c(F)c1. The Hall–Kier alpha value is -3.27. The number of aryl methyl sites for hydroxylation is 3. The second kappa shape index (κ2) is 11.9. The van der Waals surface area contributed by atoms with E-state index in [2.05, 4.69) is 48.5 Å². The highest BCUT2D eigenvalue weighted by molar-refractivity contribution is 6.08. The fraction of sp³-hybridized carbons (Fsp3) is 0.355. The molecule has 0 fully saturated rings. The summed E-state index contributed by atoms with van der Waals surface area (Å²) in [4.78, 5) is 16.9. The van der Waals surface area contributed by atoms with Gasteiger partial charge in [0.25, 0.3) is 0 Å². The molecule has 4 heteroatoms. The molecule has 2 aromatic carbocycles. The monoisotopic (exact) mass is 472 g/mol. The number of hydrogen-bond donors (Lipinski definition) is 0. The number of rotatable bonds is 7. The zero-order valence-electron chi connectivity index (χ0n) is 21.9. The lowest BCUT2D eigenvalue weighted by Gasteiger charge is -2.14. The predicted molar refractivity (Wildman–Crippen MR) is 144 cm³/mol. The number of fused-ring (bicyclic) bond motifs is 1. The van der Waals surface area contributed by atoms with Crippen LogP contribution in [0.5, 0.6) is 0 Å². The maximum absolute atomic E-state index is 12.8. The zero-order chi connectivity index (χ0) is 25.5. The molecule has 3 nitrogen and oxygen atoms in total. The number of hydrogen-bond acceptors (Lipinski definition) is 2. The Labute approximate surface area is 209 Å². The topological polar surface area (TPSA) is 34.9 Å². The van der Waals surface area contributed by atoms with Gasteiger partial charge in [-0.05, 0) is 73.6 Å². The van der Waals surface area contributed by atoms with Crippen LogP contribution in [0.25, 0.3) is 10.9 Å². The number of aromatic nitrogens is 2. The molecule has 2 aromatic heterocycles. The molecule has 0 aliphatic heterocycles. The van der Waals surface area contributed by atoms with Crippen molar-refractivity contribution in [1.29, 1.82) is 0 Å². The summed E-state index contributed by atoms with van der Waals surface area (Å²) in [6.07, 6.45) is 4.89. The molecule has 0 amide bonds. The number of carbonyl (C=O) groups is 1. The fourth-order valence-electron chi connectivity index (χ4n) is 4.51. The van der Waals surface area contributed by atoms with Crippen LogP contribution in [0.4, 0.5) is 4.39 Å². The van der Waals surface area contributed by atoms with Crippen molar-refractivity contribution in [3.63, 3.8) is 0 Å². The third-order valence-electron chi connectivity index (χ3n) is 6.30. The summed E-state index contributed by atoms with van der Waals surface area (Å²) in [6.45, 7) is 12.7. The summed E-state index contributed by atoms with van der Waals surface area (Å²) >= 11 is 0. The average molecular weight is 473 g/mol. The van der Waals surface area contributed by atoms with Gasteiger partial charge in [-0.25, -0.2) is 4.39 Å². The summed E-state index contributed by atoms with van der Waals surface area (Å²) in [5, 5.41) is 1.06. The van der Waals surface area contributed by atoms with Crippen LogP contribution < -0.4 is 0 Å². The van der Waals surface area contributed by atoms with Crippen LogP contribution in [-0.4, -0.2) is 15.3 Å². The Bertz CT molecular complexity index is 1290. The van der Waals surface area contributed by atoms with Gasteiger partial charge in [0.05, 0.1) is 12.2 Å². The third kappa shape index (κ3) is 6.25. The second-order valence-electron chi connectivity index (χ2n) is 9.42. The molecule has 0 atom stereocenters. The van der Waals surface area contributed by atoms with E-state index in [4.69, 9.17) is 0 Å². The summed E-state index contributed by atoms with van der Waals surface area (Å²) in [5.74, 6) is 0.306. The Balaban J connectivity index is 0.000000287. The van der Waals surface area contributed by atoms with Crippen LogP contribution in [0.3, 0.4) is 0 Å². The van der Waals surface area contributed by atoms with E-state index in [1.165, 1.54) is 5.56 Å². The third-order valence-corrected chi connectivity index (χ3v) is 6.30. The zero-order valence-corrected chi connectivity index (χ0v) is 21.9. The minimum absolute atomic E-state index is 0.0978. The van der Waals surface area contributed by atoms with Crippen molar-refractivity contribution >= 4 is 16.7 Å². The van der Waals surface area contributed by atoms with Crippen LogP contribution in [0.15, 0.2) is 60.8 Å². The van der Waals surface area contributed by atoms with Crippen molar-refractivity contribution < 1.29 is 9.18 Å².